The van der Waals surface area contributed by atoms with Crippen LogP contribution in [0.2, 0.25) is 0 Å². The number of alkyl halides is 3. The van der Waals surface area contributed by atoms with Gasteiger partial charge in [0.05, 0.1) is 11.3 Å². The Balaban J connectivity index is 1.55. The van der Waals surface area contributed by atoms with Gasteiger partial charge in [0.25, 0.3) is 5.91 Å². The summed E-state index contributed by atoms with van der Waals surface area (Å²) in [5.41, 5.74) is 3.87. The van der Waals surface area contributed by atoms with E-state index in [0.717, 1.165) is 24.3 Å². The molecule has 0 radical (unpaired) electrons. The van der Waals surface area contributed by atoms with Gasteiger partial charge in [-0.05, 0) is 55.5 Å². The number of benzene rings is 2. The third-order valence-corrected chi connectivity index (χ3v) is 6.86. The second kappa shape index (κ2) is 9.37. The van der Waals surface area contributed by atoms with Crippen LogP contribution in [-0.4, -0.2) is 41.1 Å². The normalized spacial score (nSPS) is 17.5. The van der Waals surface area contributed by atoms with Crippen molar-refractivity contribution < 1.29 is 36.3 Å². The molecule has 12 heteroatoms. The summed E-state index contributed by atoms with van der Waals surface area (Å²) in [5.74, 6) is -5.64. The Kier molecular flexibility index (Phi) is 6.28. The molecule has 2 aromatic carbocycles. The number of ether oxygens (including phenoxy) is 1. The predicted molar refractivity (Wildman–Crippen MR) is 131 cm³/mol. The van der Waals surface area contributed by atoms with E-state index in [-0.39, 0.29) is 29.2 Å². The standard InChI is InChI=1S/C27H21F5N4O3/c1-26(25(33)38)12-39-23-17(26)9-21(36-22(23)13-2-4-15(28)5-3-13)18(27(30,31)32)11-35-24(37)16-8-14-6-7-34-20(14)10-19(16)29/h2-10,18,34H,11-12H2,1H3,(H2,33,38)(H,35,37)/t18-,26+/m1/s1. The molecule has 7 nitrogen and oxygen atoms in total. The molecule has 4 N–H and O–H groups in total. The summed E-state index contributed by atoms with van der Waals surface area (Å²) in [6.45, 7) is 0.227. The Labute approximate surface area is 218 Å². The van der Waals surface area contributed by atoms with E-state index in [1.807, 2.05) is 0 Å². The van der Waals surface area contributed by atoms with Gasteiger partial charge in [-0.3, -0.25) is 9.59 Å². The van der Waals surface area contributed by atoms with Crippen molar-refractivity contribution in [1.29, 1.82) is 0 Å². The summed E-state index contributed by atoms with van der Waals surface area (Å²) in [5, 5.41) is 2.66. The second-order valence-corrected chi connectivity index (χ2v) is 9.47. The Morgan fingerprint density at radius 2 is 1.87 bits per heavy atom. The van der Waals surface area contributed by atoms with Crippen LogP contribution in [0.5, 0.6) is 5.75 Å². The molecule has 2 aromatic heterocycles. The Morgan fingerprint density at radius 1 is 1.15 bits per heavy atom. The third kappa shape index (κ3) is 4.66. The highest BCUT2D eigenvalue weighted by Crippen LogP contribution is 2.46. The number of fused-ring (bicyclic) bond motifs is 2. The topological polar surface area (TPSA) is 110 Å². The highest BCUT2D eigenvalue weighted by molar-refractivity contribution is 5.98. The number of rotatable bonds is 6. The third-order valence-electron chi connectivity index (χ3n) is 6.86. The van der Waals surface area contributed by atoms with E-state index in [0.29, 0.717) is 10.9 Å². The van der Waals surface area contributed by atoms with Gasteiger partial charge in [0.2, 0.25) is 5.91 Å². The van der Waals surface area contributed by atoms with Crippen LogP contribution < -0.4 is 15.8 Å². The smallest absolute Gasteiger partial charge is 0.398 e. The molecule has 1 aliphatic heterocycles. The number of aromatic nitrogens is 2. The summed E-state index contributed by atoms with van der Waals surface area (Å²) in [6.07, 6.45) is -3.37. The molecule has 3 heterocycles. The first kappa shape index (κ1) is 26.1. The molecule has 39 heavy (non-hydrogen) atoms. The van der Waals surface area contributed by atoms with Gasteiger partial charge in [-0.15, -0.1) is 0 Å². The number of primary amides is 1. The number of halogens is 5. The van der Waals surface area contributed by atoms with Gasteiger partial charge >= 0.3 is 6.18 Å². The van der Waals surface area contributed by atoms with Crippen LogP contribution in [0, 0.1) is 11.6 Å². The zero-order chi connectivity index (χ0) is 28.1. The number of hydrogen-bond donors (Lipinski definition) is 3. The Hall–Kier alpha value is -4.48. The molecule has 202 valence electrons. The number of nitrogens with one attached hydrogen (secondary N) is 2. The number of H-pyrrole nitrogens is 1. The lowest BCUT2D eigenvalue weighted by atomic mass is 9.82. The average Bonchev–Trinajstić information content (AvgIpc) is 3.47. The first-order chi connectivity index (χ1) is 18.4. The number of hydrogen-bond acceptors (Lipinski definition) is 4. The molecule has 0 spiro atoms. The molecule has 2 amide bonds. The van der Waals surface area contributed by atoms with E-state index in [2.05, 4.69) is 15.3 Å². The fourth-order valence-electron chi connectivity index (χ4n) is 4.52. The van der Waals surface area contributed by atoms with E-state index in [4.69, 9.17) is 10.5 Å². The van der Waals surface area contributed by atoms with Crippen LogP contribution in [-0.2, 0) is 10.2 Å². The molecule has 1 aliphatic rings. The number of carbonyl (C=O) groups is 2. The fourth-order valence-corrected chi connectivity index (χ4v) is 4.52. The summed E-state index contributed by atoms with van der Waals surface area (Å²) in [4.78, 5) is 32.0. The van der Waals surface area contributed by atoms with Crippen molar-refractivity contribution in [2.45, 2.75) is 24.4 Å². The van der Waals surface area contributed by atoms with E-state index in [1.54, 1.807) is 6.07 Å². The van der Waals surface area contributed by atoms with Gasteiger partial charge in [0, 0.05) is 34.8 Å². The number of pyridine rings is 1. The van der Waals surface area contributed by atoms with E-state index < -0.39 is 58.8 Å². The van der Waals surface area contributed by atoms with Gasteiger partial charge in [-0.1, -0.05) is 0 Å². The van der Waals surface area contributed by atoms with E-state index in [9.17, 15) is 31.5 Å². The van der Waals surface area contributed by atoms with Crippen LogP contribution in [0.1, 0.15) is 34.5 Å². The summed E-state index contributed by atoms with van der Waals surface area (Å²) < 4.78 is 76.8. The minimum absolute atomic E-state index is 0.0444. The maximum Gasteiger partial charge on any atom is 0.398 e. The summed E-state index contributed by atoms with van der Waals surface area (Å²) in [6, 6.07) is 9.82. The molecule has 0 saturated heterocycles. The lowest BCUT2D eigenvalue weighted by Gasteiger charge is -2.24. The van der Waals surface area contributed by atoms with Crippen molar-refractivity contribution >= 4 is 22.7 Å². The van der Waals surface area contributed by atoms with Crippen LogP contribution in [0.15, 0.2) is 54.7 Å². The van der Waals surface area contributed by atoms with Crippen molar-refractivity contribution in [1.82, 2.24) is 15.3 Å². The Morgan fingerprint density at radius 3 is 2.54 bits per heavy atom. The van der Waals surface area contributed by atoms with Gasteiger partial charge in [-0.25, -0.2) is 13.8 Å². The van der Waals surface area contributed by atoms with Gasteiger partial charge in [0.1, 0.15) is 41.0 Å². The summed E-state index contributed by atoms with van der Waals surface area (Å²) in [7, 11) is 0. The van der Waals surface area contributed by atoms with Crippen molar-refractivity contribution in [3.63, 3.8) is 0 Å². The number of nitrogens with two attached hydrogens (primary N) is 1. The molecular formula is C27H21F5N4O3. The largest absolute Gasteiger partial charge is 0.489 e. The molecule has 0 aliphatic carbocycles. The maximum atomic E-state index is 14.5. The van der Waals surface area contributed by atoms with Crippen LogP contribution in [0.4, 0.5) is 22.0 Å². The highest BCUT2D eigenvalue weighted by Gasteiger charge is 2.47. The minimum Gasteiger partial charge on any atom is -0.489 e. The molecule has 0 saturated carbocycles. The SMILES string of the molecule is C[C@]1(C(N)=O)COc2c1cc([C@@H](CNC(=O)c1cc3cc[nH]c3cc1F)C(F)(F)F)nc2-c1ccc(F)cc1. The van der Waals surface area contributed by atoms with Gasteiger partial charge < -0.3 is 20.8 Å². The maximum absolute atomic E-state index is 14.5. The zero-order valence-electron chi connectivity index (χ0n) is 20.3. The first-order valence-electron chi connectivity index (χ1n) is 11.7. The van der Waals surface area contributed by atoms with Gasteiger partial charge in [-0.2, -0.15) is 13.2 Å². The monoisotopic (exact) mass is 544 g/mol. The van der Waals surface area contributed by atoms with Crippen LogP contribution in [0.3, 0.4) is 0 Å². The molecular weight excluding hydrogens is 523 g/mol. The quantitative estimate of drug-likeness (QED) is 0.305. The van der Waals surface area contributed by atoms with E-state index in [1.165, 1.54) is 31.3 Å². The lowest BCUT2D eigenvalue weighted by Crippen LogP contribution is -2.40. The highest BCUT2D eigenvalue weighted by atomic mass is 19.4. The first-order valence-corrected chi connectivity index (χ1v) is 11.7. The predicted octanol–water partition coefficient (Wildman–Crippen LogP) is 4.72. The molecule has 0 bridgehead atoms. The van der Waals surface area contributed by atoms with Crippen molar-refractivity contribution in [3.8, 4) is 17.0 Å². The van der Waals surface area contributed by atoms with E-state index >= 15 is 0 Å². The average molecular weight is 544 g/mol. The molecule has 4 aromatic rings. The van der Waals surface area contributed by atoms with Crippen molar-refractivity contribution in [2.75, 3.05) is 13.2 Å². The molecule has 0 fully saturated rings. The summed E-state index contributed by atoms with van der Waals surface area (Å²) >= 11 is 0. The number of carbonyl (C=O) groups excluding carboxylic acids is 2. The van der Waals surface area contributed by atoms with Crippen molar-refractivity contribution in [3.05, 3.63) is 83.2 Å². The Bertz CT molecular complexity index is 1600. The fraction of sp³-hybridized carbons (Fsp3) is 0.222. The number of aromatic amines is 1. The molecule has 2 atom stereocenters. The van der Waals surface area contributed by atoms with Crippen molar-refractivity contribution in [2.24, 2.45) is 5.73 Å². The lowest BCUT2D eigenvalue weighted by molar-refractivity contribution is -0.149. The van der Waals surface area contributed by atoms with Gasteiger partial charge in [0.15, 0.2) is 0 Å². The number of amides is 2. The molecule has 5 rings (SSSR count). The van der Waals surface area contributed by atoms with Crippen LogP contribution >= 0.6 is 0 Å². The molecule has 0 unspecified atom stereocenters. The zero-order valence-corrected chi connectivity index (χ0v) is 20.3. The number of nitrogens with zero attached hydrogens (tertiary/aromatic N) is 1. The second-order valence-electron chi connectivity index (χ2n) is 9.47. The van der Waals surface area contributed by atoms with Crippen LogP contribution in [0.25, 0.3) is 22.2 Å². The minimum atomic E-state index is -4.90.